The van der Waals surface area contributed by atoms with Gasteiger partial charge in [-0.25, -0.2) is 0 Å². The van der Waals surface area contributed by atoms with Crippen LogP contribution in [-0.2, 0) is 4.74 Å². The molecule has 0 aromatic heterocycles. The van der Waals surface area contributed by atoms with Gasteiger partial charge in [0.05, 0.1) is 0 Å². The summed E-state index contributed by atoms with van der Waals surface area (Å²) in [5.74, 6) is 0. The fraction of sp³-hybridized carbons (Fsp3) is 0.800. The Morgan fingerprint density at radius 3 is 2.44 bits per heavy atom. The Morgan fingerprint density at radius 2 is 2.33 bits per heavy atom. The first kappa shape index (κ1) is 7.27. The van der Waals surface area contributed by atoms with Crippen LogP contribution in [0.15, 0.2) is 0 Å². The van der Waals surface area contributed by atoms with Gasteiger partial charge in [0, 0.05) is 0 Å². The molecule has 1 fully saturated rings. The van der Waals surface area contributed by atoms with Crippen molar-refractivity contribution in [3.8, 4) is 0 Å². The summed E-state index contributed by atoms with van der Waals surface area (Å²) >= 11 is -0.703. The van der Waals surface area contributed by atoms with E-state index in [2.05, 4.69) is 0 Å². The van der Waals surface area contributed by atoms with Gasteiger partial charge in [-0.2, -0.15) is 0 Å². The van der Waals surface area contributed by atoms with Gasteiger partial charge >= 0.3 is 63.4 Å². The molecule has 0 radical (unpaired) electrons. The zero-order valence-electron chi connectivity index (χ0n) is 5.06. The van der Waals surface area contributed by atoms with Gasteiger partial charge in [0.15, 0.2) is 0 Å². The van der Waals surface area contributed by atoms with Gasteiger partial charge in [-0.15, -0.1) is 0 Å². The van der Waals surface area contributed by atoms with Gasteiger partial charge in [-0.1, -0.05) is 0 Å². The Balaban J connectivity index is 2.33. The van der Waals surface area contributed by atoms with Gasteiger partial charge in [0.2, 0.25) is 0 Å². The van der Waals surface area contributed by atoms with Crippen molar-refractivity contribution in [2.75, 3.05) is 13.2 Å². The van der Waals surface area contributed by atoms with Crippen molar-refractivity contribution in [2.24, 2.45) is 0 Å². The minimum atomic E-state index is -0.703. The number of hydrogen-bond acceptors (Lipinski definition) is 2. The first-order valence-corrected chi connectivity index (χ1v) is 4.75. The fourth-order valence-electron chi connectivity index (χ4n) is 0.633. The van der Waals surface area contributed by atoms with Crippen LogP contribution in [0, 0.1) is 0 Å². The summed E-state index contributed by atoms with van der Waals surface area (Å²) in [5, 5.41) is 8.41. The molecule has 0 bridgehead atoms. The van der Waals surface area contributed by atoms with E-state index >= 15 is 0 Å². The summed E-state index contributed by atoms with van der Waals surface area (Å²) in [6, 6.07) is 0. The molecule has 0 amide bonds. The fourth-order valence-corrected chi connectivity index (χ4v) is 2.50. The van der Waals surface area contributed by atoms with Crippen LogP contribution < -0.4 is 21.2 Å². The number of alkyl halides is 1. The predicted octanol–water partition coefficient (Wildman–Crippen LogP) is -2.46. The van der Waals surface area contributed by atoms with E-state index in [1.54, 1.807) is 0 Å². The standard InChI is InChI=1S/C5H8IO3/c1-5(2-9-3-5)6-4(7)8/h2-3H2,1H3,(H,7,8)/q-1. The van der Waals surface area contributed by atoms with E-state index in [-0.39, 0.29) is 3.42 Å². The van der Waals surface area contributed by atoms with Crippen LogP contribution in [-0.4, -0.2) is 25.7 Å². The molecule has 9 heavy (non-hydrogen) atoms. The van der Waals surface area contributed by atoms with Crippen LogP contribution in [0.4, 0.5) is 4.79 Å². The molecule has 0 aliphatic carbocycles. The second kappa shape index (κ2) is 2.42. The minimum absolute atomic E-state index is 0.0325. The van der Waals surface area contributed by atoms with E-state index in [0.29, 0.717) is 13.2 Å². The van der Waals surface area contributed by atoms with E-state index in [1.165, 1.54) is 0 Å². The molecule has 0 unspecified atom stereocenters. The van der Waals surface area contributed by atoms with E-state index in [9.17, 15) is 4.79 Å². The summed E-state index contributed by atoms with van der Waals surface area (Å²) in [4.78, 5) is 10.2. The molecule has 1 saturated heterocycles. The molecule has 0 aromatic carbocycles. The number of rotatable bonds is 2. The average molecular weight is 243 g/mol. The molecule has 1 rings (SSSR count). The topological polar surface area (TPSA) is 46.5 Å². The van der Waals surface area contributed by atoms with Crippen molar-refractivity contribution in [1.82, 2.24) is 0 Å². The first-order chi connectivity index (χ1) is 4.12. The van der Waals surface area contributed by atoms with E-state index in [4.69, 9.17) is 9.84 Å². The Hall–Kier alpha value is 0.160. The van der Waals surface area contributed by atoms with Crippen LogP contribution in [0.3, 0.4) is 0 Å². The Bertz CT molecular complexity index is 130. The predicted molar refractivity (Wildman–Crippen MR) is 27.2 cm³/mol. The second-order valence-corrected chi connectivity index (χ2v) is 6.32. The Labute approximate surface area is 63.6 Å². The molecular weight excluding hydrogens is 235 g/mol. The van der Waals surface area contributed by atoms with Crippen LogP contribution >= 0.6 is 0 Å². The number of carboxylic acid groups (broad SMARTS) is 1. The van der Waals surface area contributed by atoms with E-state index in [1.807, 2.05) is 6.92 Å². The van der Waals surface area contributed by atoms with Gasteiger partial charge in [-0.05, 0) is 0 Å². The van der Waals surface area contributed by atoms with Crippen molar-refractivity contribution >= 4 is 3.98 Å². The molecule has 4 heteroatoms. The first-order valence-electron chi connectivity index (χ1n) is 2.59. The Morgan fingerprint density at radius 1 is 1.78 bits per heavy atom. The molecule has 1 N–H and O–H groups in total. The summed E-state index contributed by atoms with van der Waals surface area (Å²) in [6.45, 7) is 3.26. The SMILES string of the molecule is CC1([I-]C(=O)O)COC1. The zero-order chi connectivity index (χ0) is 6.91. The van der Waals surface area contributed by atoms with Gasteiger partial charge in [-0.3, -0.25) is 0 Å². The number of carbonyl (C=O) groups is 1. The molecular formula is C5H8IO3-. The van der Waals surface area contributed by atoms with Crippen molar-refractivity contribution in [2.45, 2.75) is 10.3 Å². The monoisotopic (exact) mass is 243 g/mol. The molecule has 0 saturated carbocycles. The maximum absolute atomic E-state index is 10.2. The van der Waals surface area contributed by atoms with Crippen LogP contribution in [0.25, 0.3) is 0 Å². The Kier molecular flexibility index (Phi) is 1.95. The van der Waals surface area contributed by atoms with Crippen LogP contribution in [0.5, 0.6) is 0 Å². The molecule has 0 aromatic rings. The van der Waals surface area contributed by atoms with E-state index < -0.39 is 25.2 Å². The van der Waals surface area contributed by atoms with Gasteiger partial charge < -0.3 is 0 Å². The van der Waals surface area contributed by atoms with Crippen LogP contribution in [0.1, 0.15) is 6.92 Å². The third-order valence-electron chi connectivity index (χ3n) is 1.11. The molecule has 1 aliphatic heterocycles. The third kappa shape index (κ3) is 1.79. The molecule has 3 nitrogen and oxygen atoms in total. The zero-order valence-corrected chi connectivity index (χ0v) is 7.21. The number of hydrogen-bond donors (Lipinski definition) is 1. The van der Waals surface area contributed by atoms with E-state index in [0.717, 1.165) is 0 Å². The van der Waals surface area contributed by atoms with Crippen molar-refractivity contribution in [1.29, 1.82) is 0 Å². The van der Waals surface area contributed by atoms with Gasteiger partial charge in [0.1, 0.15) is 0 Å². The van der Waals surface area contributed by atoms with Crippen molar-refractivity contribution in [3.05, 3.63) is 0 Å². The molecule has 1 heterocycles. The van der Waals surface area contributed by atoms with Crippen molar-refractivity contribution < 1.29 is 35.8 Å². The summed E-state index contributed by atoms with van der Waals surface area (Å²) in [7, 11) is 0. The summed E-state index contributed by atoms with van der Waals surface area (Å²) in [5.41, 5.74) is 0. The molecule has 1 aliphatic rings. The number of ether oxygens (including phenoxy) is 1. The third-order valence-corrected chi connectivity index (χ3v) is 3.50. The molecule has 0 spiro atoms. The second-order valence-electron chi connectivity index (χ2n) is 2.25. The molecule has 54 valence electrons. The quantitative estimate of drug-likeness (QED) is 0.332. The summed E-state index contributed by atoms with van der Waals surface area (Å²) < 4.78 is 4.31. The summed E-state index contributed by atoms with van der Waals surface area (Å²) in [6.07, 6.45) is 0. The van der Waals surface area contributed by atoms with Gasteiger partial charge in [0.25, 0.3) is 0 Å². The molecule has 0 atom stereocenters. The number of halogens is 1. The van der Waals surface area contributed by atoms with Crippen LogP contribution in [0.2, 0.25) is 0 Å². The van der Waals surface area contributed by atoms with Crippen molar-refractivity contribution in [3.63, 3.8) is 0 Å². The average Bonchev–Trinajstić information content (AvgIpc) is 1.60. The normalized spacial score (nSPS) is 23.2. The maximum atomic E-state index is 10.2.